The van der Waals surface area contributed by atoms with Gasteiger partial charge in [-0.25, -0.2) is 0 Å². The molecule has 0 saturated carbocycles. The Labute approximate surface area is 168 Å². The molecule has 0 saturated heterocycles. The second-order valence-corrected chi connectivity index (χ2v) is 7.53. The molecule has 0 fully saturated rings. The van der Waals surface area contributed by atoms with E-state index in [0.29, 0.717) is 30.3 Å². The fraction of sp³-hybridized carbons (Fsp3) is 0.400. The summed E-state index contributed by atoms with van der Waals surface area (Å²) in [6.07, 6.45) is 0.871. The van der Waals surface area contributed by atoms with Crippen LogP contribution in [0.4, 0.5) is 5.00 Å². The Morgan fingerprint density at radius 1 is 1.18 bits per heavy atom. The number of benzene rings is 1. The molecule has 4 N–H and O–H groups in total. The minimum absolute atomic E-state index is 0.126. The second-order valence-electron chi connectivity index (χ2n) is 6.61. The van der Waals surface area contributed by atoms with E-state index in [4.69, 9.17) is 15.2 Å². The zero-order valence-electron chi connectivity index (χ0n) is 16.2. The van der Waals surface area contributed by atoms with Crippen molar-refractivity contribution in [3.8, 4) is 11.5 Å². The van der Waals surface area contributed by atoms with Crippen LogP contribution in [0.1, 0.15) is 35.3 Å². The second kappa shape index (κ2) is 9.07. The van der Waals surface area contributed by atoms with Gasteiger partial charge in [0, 0.05) is 12.0 Å². The number of rotatable bonds is 8. The molecule has 1 aromatic heterocycles. The third-order valence-corrected chi connectivity index (χ3v) is 5.48. The van der Waals surface area contributed by atoms with Crippen LogP contribution in [0.15, 0.2) is 23.6 Å². The number of amides is 2. The average Bonchev–Trinajstić information content (AvgIpc) is 3.11. The molecule has 0 bridgehead atoms. The van der Waals surface area contributed by atoms with Crippen molar-refractivity contribution >= 4 is 28.2 Å². The molecule has 28 heavy (non-hydrogen) atoms. The maximum atomic E-state index is 12.5. The molecule has 0 spiro atoms. The molecule has 1 aliphatic rings. The quantitative estimate of drug-likeness (QED) is 0.617. The van der Waals surface area contributed by atoms with Gasteiger partial charge >= 0.3 is 0 Å². The molecule has 2 aromatic rings. The highest BCUT2D eigenvalue weighted by Crippen LogP contribution is 2.32. The van der Waals surface area contributed by atoms with Crippen LogP contribution < -0.4 is 25.4 Å². The molecule has 8 heteroatoms. The lowest BCUT2D eigenvalue weighted by atomic mass is 9.99. The molecule has 1 aliphatic heterocycles. The summed E-state index contributed by atoms with van der Waals surface area (Å²) in [6.45, 7) is 6.98. The van der Waals surface area contributed by atoms with Gasteiger partial charge in [-0.05, 0) is 43.0 Å². The number of carbonyl (C=O) groups excluding carboxylic acids is 2. The van der Waals surface area contributed by atoms with Gasteiger partial charge in [-0.2, -0.15) is 0 Å². The first-order valence-electron chi connectivity index (χ1n) is 9.43. The van der Waals surface area contributed by atoms with Crippen molar-refractivity contribution in [1.29, 1.82) is 0 Å². The third kappa shape index (κ3) is 4.63. The first kappa shape index (κ1) is 20.2. The van der Waals surface area contributed by atoms with E-state index in [1.807, 2.05) is 19.9 Å². The molecule has 1 aromatic carbocycles. The van der Waals surface area contributed by atoms with E-state index in [2.05, 4.69) is 11.4 Å². The molecular formula is C20H26N3O4S+. The first-order chi connectivity index (χ1) is 13.5. The standard InChI is InChI=1S/C20H25N3O4S/c1-3-26-16-9-13-5-7-23(11-14(13)10-17(16)27-4-2)12-18(24)22-20-15(19(21)25)6-8-28-20/h6,8-10H,3-5,7,11-12H2,1-2H3,(H2,21,25)(H,22,24)/p+1. The lowest BCUT2D eigenvalue weighted by Crippen LogP contribution is -3.12. The topological polar surface area (TPSA) is 95.1 Å². The van der Waals surface area contributed by atoms with Gasteiger partial charge in [0.15, 0.2) is 18.0 Å². The molecule has 0 radical (unpaired) electrons. The smallest absolute Gasteiger partial charge is 0.280 e. The number of anilines is 1. The molecule has 2 heterocycles. The zero-order chi connectivity index (χ0) is 20.1. The van der Waals surface area contributed by atoms with Crippen LogP contribution >= 0.6 is 11.3 Å². The maximum absolute atomic E-state index is 12.5. The van der Waals surface area contributed by atoms with Crippen LogP contribution in [0.5, 0.6) is 11.5 Å². The summed E-state index contributed by atoms with van der Waals surface area (Å²) in [5.41, 5.74) is 8.10. The molecular weight excluding hydrogens is 378 g/mol. The number of thiophene rings is 1. The summed E-state index contributed by atoms with van der Waals surface area (Å²) in [6, 6.07) is 5.72. The number of nitrogens with two attached hydrogens (primary N) is 1. The van der Waals surface area contributed by atoms with Crippen molar-refractivity contribution in [1.82, 2.24) is 0 Å². The van der Waals surface area contributed by atoms with E-state index >= 15 is 0 Å². The molecule has 1 atom stereocenters. The number of hydrogen-bond donors (Lipinski definition) is 3. The summed E-state index contributed by atoms with van der Waals surface area (Å²) in [4.78, 5) is 25.0. The van der Waals surface area contributed by atoms with Gasteiger partial charge < -0.3 is 25.4 Å². The lowest BCUT2D eigenvalue weighted by Gasteiger charge is -2.26. The van der Waals surface area contributed by atoms with Crippen LogP contribution in [-0.4, -0.2) is 38.1 Å². The molecule has 0 aliphatic carbocycles. The van der Waals surface area contributed by atoms with E-state index in [1.165, 1.54) is 22.5 Å². The van der Waals surface area contributed by atoms with Crippen LogP contribution in [0, 0.1) is 0 Å². The first-order valence-corrected chi connectivity index (χ1v) is 10.3. The van der Waals surface area contributed by atoms with Crippen molar-refractivity contribution in [2.75, 3.05) is 31.6 Å². The van der Waals surface area contributed by atoms with Crippen molar-refractivity contribution in [2.24, 2.45) is 5.73 Å². The van der Waals surface area contributed by atoms with Crippen molar-refractivity contribution in [3.63, 3.8) is 0 Å². The maximum Gasteiger partial charge on any atom is 0.280 e. The summed E-state index contributed by atoms with van der Waals surface area (Å²) in [5.74, 6) is 0.864. The van der Waals surface area contributed by atoms with Crippen LogP contribution in [0.2, 0.25) is 0 Å². The predicted molar refractivity (Wildman–Crippen MR) is 108 cm³/mol. The molecule has 3 rings (SSSR count). The number of hydrogen-bond acceptors (Lipinski definition) is 5. The molecule has 7 nitrogen and oxygen atoms in total. The van der Waals surface area contributed by atoms with Crippen molar-refractivity contribution < 1.29 is 24.0 Å². The van der Waals surface area contributed by atoms with Gasteiger partial charge in [0.25, 0.3) is 11.8 Å². The molecule has 2 amide bonds. The minimum Gasteiger partial charge on any atom is -0.490 e. The Hall–Kier alpha value is -2.58. The van der Waals surface area contributed by atoms with Gasteiger partial charge in [-0.1, -0.05) is 0 Å². The largest absolute Gasteiger partial charge is 0.490 e. The fourth-order valence-electron chi connectivity index (χ4n) is 3.40. The summed E-state index contributed by atoms with van der Waals surface area (Å²) in [7, 11) is 0. The summed E-state index contributed by atoms with van der Waals surface area (Å²) < 4.78 is 11.4. The number of fused-ring (bicyclic) bond motifs is 1. The Morgan fingerprint density at radius 3 is 2.50 bits per heavy atom. The highest BCUT2D eigenvalue weighted by Gasteiger charge is 2.25. The van der Waals surface area contributed by atoms with Crippen LogP contribution in [0.25, 0.3) is 0 Å². The lowest BCUT2D eigenvalue weighted by molar-refractivity contribution is -0.907. The third-order valence-electron chi connectivity index (χ3n) is 4.65. The van der Waals surface area contributed by atoms with Crippen molar-refractivity contribution in [3.05, 3.63) is 40.3 Å². The highest BCUT2D eigenvalue weighted by molar-refractivity contribution is 7.14. The van der Waals surface area contributed by atoms with E-state index in [0.717, 1.165) is 35.9 Å². The SMILES string of the molecule is CCOc1cc2c(cc1OCC)C[NH+](CC(=O)Nc1sccc1C(N)=O)CC2. The number of nitrogens with one attached hydrogen (secondary N) is 2. The average molecular weight is 405 g/mol. The van der Waals surface area contributed by atoms with Gasteiger partial charge in [-0.15, -0.1) is 11.3 Å². The van der Waals surface area contributed by atoms with E-state index in [9.17, 15) is 9.59 Å². The van der Waals surface area contributed by atoms with Crippen molar-refractivity contribution in [2.45, 2.75) is 26.8 Å². The number of carbonyl (C=O) groups is 2. The normalized spacial score (nSPS) is 15.6. The molecule has 1 unspecified atom stereocenters. The van der Waals surface area contributed by atoms with Gasteiger partial charge in [0.1, 0.15) is 11.5 Å². The summed E-state index contributed by atoms with van der Waals surface area (Å²) >= 11 is 1.30. The van der Waals surface area contributed by atoms with Gasteiger partial charge in [0.05, 0.1) is 25.3 Å². The number of primary amides is 1. The number of quaternary nitrogens is 1. The Bertz CT molecular complexity index is 865. The molecule has 150 valence electrons. The Morgan fingerprint density at radius 2 is 1.86 bits per heavy atom. The Balaban J connectivity index is 1.67. The van der Waals surface area contributed by atoms with Gasteiger partial charge in [-0.3, -0.25) is 9.59 Å². The Kier molecular flexibility index (Phi) is 6.53. The predicted octanol–water partition coefficient (Wildman–Crippen LogP) is 1.22. The van der Waals surface area contributed by atoms with E-state index < -0.39 is 5.91 Å². The van der Waals surface area contributed by atoms with E-state index in [1.54, 1.807) is 11.4 Å². The fourth-order valence-corrected chi connectivity index (χ4v) is 4.20. The monoisotopic (exact) mass is 404 g/mol. The van der Waals surface area contributed by atoms with Crippen LogP contribution in [0.3, 0.4) is 0 Å². The van der Waals surface area contributed by atoms with Gasteiger partial charge in [0.2, 0.25) is 0 Å². The highest BCUT2D eigenvalue weighted by atomic mass is 32.1. The zero-order valence-corrected chi connectivity index (χ0v) is 17.0. The minimum atomic E-state index is -0.538. The summed E-state index contributed by atoms with van der Waals surface area (Å²) in [5, 5.41) is 5.06. The van der Waals surface area contributed by atoms with E-state index in [-0.39, 0.29) is 5.91 Å². The number of ether oxygens (including phenoxy) is 2. The van der Waals surface area contributed by atoms with Crippen LogP contribution in [-0.2, 0) is 17.8 Å².